The van der Waals surface area contributed by atoms with Crippen LogP contribution in [-0.2, 0) is 6.42 Å². The van der Waals surface area contributed by atoms with E-state index >= 15 is 0 Å². The van der Waals surface area contributed by atoms with Gasteiger partial charge in [-0.25, -0.2) is 0 Å². The Kier molecular flexibility index (Phi) is 2.55. The highest BCUT2D eigenvalue weighted by Crippen LogP contribution is 2.36. The number of hydrogen-bond acceptors (Lipinski definition) is 2. The third kappa shape index (κ3) is 1.91. The van der Waals surface area contributed by atoms with Gasteiger partial charge in [-0.2, -0.15) is 0 Å². The van der Waals surface area contributed by atoms with Crippen molar-refractivity contribution in [3.63, 3.8) is 0 Å². The average Bonchev–Trinajstić information content (AvgIpc) is 2.42. The van der Waals surface area contributed by atoms with E-state index in [1.165, 1.54) is 11.3 Å². The lowest BCUT2D eigenvalue weighted by atomic mass is 9.95. The summed E-state index contributed by atoms with van der Waals surface area (Å²) in [4.78, 5) is 2.17. The van der Waals surface area contributed by atoms with Crippen LogP contribution < -0.4 is 4.90 Å². The minimum absolute atomic E-state index is 0.168. The molecule has 0 saturated heterocycles. The van der Waals surface area contributed by atoms with Crippen molar-refractivity contribution < 1.29 is 5.11 Å². The van der Waals surface area contributed by atoms with Crippen molar-refractivity contribution in [1.82, 2.24) is 0 Å². The number of rotatable bonds is 1. The van der Waals surface area contributed by atoms with Crippen LogP contribution in [0.4, 0.5) is 5.69 Å². The molecule has 0 aromatic heterocycles. The first kappa shape index (κ1) is 11.0. The number of hydrogen-bond donors (Lipinski definition) is 1. The summed E-state index contributed by atoms with van der Waals surface area (Å²) in [6.07, 6.45) is 0.911. The molecule has 2 nitrogen and oxygen atoms in total. The number of aliphatic hydroxyl groups is 1. The van der Waals surface area contributed by atoms with E-state index in [0.717, 1.165) is 10.9 Å². The molecular weight excluding hydrogens is 254 g/mol. The van der Waals surface area contributed by atoms with Gasteiger partial charge in [0.15, 0.2) is 0 Å². The van der Waals surface area contributed by atoms with Gasteiger partial charge in [-0.3, -0.25) is 0 Å². The van der Waals surface area contributed by atoms with Crippen molar-refractivity contribution >= 4 is 21.6 Å². The maximum atomic E-state index is 10.1. The smallest absolute Gasteiger partial charge is 0.0797 e. The molecule has 1 unspecified atom stereocenters. The van der Waals surface area contributed by atoms with Crippen molar-refractivity contribution in [2.45, 2.75) is 31.9 Å². The molecule has 1 N–H and O–H groups in total. The maximum Gasteiger partial charge on any atom is 0.0797 e. The number of anilines is 1. The molecule has 15 heavy (non-hydrogen) atoms. The second-order valence-corrected chi connectivity index (χ2v) is 5.67. The number of fused-ring (bicyclic) bond motifs is 1. The number of nitrogens with zero attached hydrogens (tertiary/aromatic N) is 1. The molecule has 1 aliphatic rings. The zero-order chi connectivity index (χ0) is 11.2. The van der Waals surface area contributed by atoms with Gasteiger partial charge in [-0.15, -0.1) is 0 Å². The Balaban J connectivity index is 2.37. The molecule has 0 aliphatic carbocycles. The van der Waals surface area contributed by atoms with Gasteiger partial charge in [0.25, 0.3) is 0 Å². The third-order valence-corrected chi connectivity index (χ3v) is 3.61. The van der Waals surface area contributed by atoms with Gasteiger partial charge in [0.2, 0.25) is 0 Å². The summed E-state index contributed by atoms with van der Waals surface area (Å²) in [5, 5.41) is 10.1. The molecule has 0 spiro atoms. The molecule has 2 rings (SSSR count). The molecule has 0 radical (unpaired) electrons. The zero-order valence-corrected chi connectivity index (χ0v) is 10.9. The van der Waals surface area contributed by atoms with Crippen molar-refractivity contribution in [2.24, 2.45) is 0 Å². The van der Waals surface area contributed by atoms with Crippen LogP contribution in [0.2, 0.25) is 0 Å². The first-order valence-corrected chi connectivity index (χ1v) is 5.92. The summed E-state index contributed by atoms with van der Waals surface area (Å²) >= 11 is 3.47. The van der Waals surface area contributed by atoms with E-state index in [1.807, 2.05) is 27.0 Å². The Morgan fingerprint density at radius 3 is 2.73 bits per heavy atom. The lowest BCUT2D eigenvalue weighted by molar-refractivity contribution is 0.0533. The average molecular weight is 270 g/mol. The van der Waals surface area contributed by atoms with E-state index in [0.29, 0.717) is 0 Å². The molecule has 3 heteroatoms. The Hall–Kier alpha value is -0.540. The molecule has 0 saturated carbocycles. The van der Waals surface area contributed by atoms with Crippen LogP contribution in [-0.4, -0.2) is 23.8 Å². The standard InChI is InChI=1S/C12H16BrNO/c1-12(2,15)11-7-8-6-9(13)4-5-10(8)14(11)3/h4-6,11,15H,7H2,1-3H3. The summed E-state index contributed by atoms with van der Waals surface area (Å²) in [5.41, 5.74) is 1.87. The van der Waals surface area contributed by atoms with E-state index in [2.05, 4.69) is 33.0 Å². The van der Waals surface area contributed by atoms with E-state index < -0.39 is 5.60 Å². The second kappa shape index (κ2) is 3.49. The van der Waals surface area contributed by atoms with Crippen LogP contribution in [0.15, 0.2) is 22.7 Å². The largest absolute Gasteiger partial charge is 0.388 e. The fraction of sp³-hybridized carbons (Fsp3) is 0.500. The van der Waals surface area contributed by atoms with E-state index in [9.17, 15) is 5.11 Å². The quantitative estimate of drug-likeness (QED) is 0.847. The Bertz CT molecular complexity index is 384. The summed E-state index contributed by atoms with van der Waals surface area (Å²) < 4.78 is 1.10. The monoisotopic (exact) mass is 269 g/mol. The Morgan fingerprint density at radius 2 is 2.13 bits per heavy atom. The first-order chi connectivity index (χ1) is 6.89. The highest BCUT2D eigenvalue weighted by molar-refractivity contribution is 9.10. The van der Waals surface area contributed by atoms with Crippen molar-refractivity contribution in [2.75, 3.05) is 11.9 Å². The summed E-state index contributed by atoms with van der Waals surface area (Å²) in [6, 6.07) is 6.45. The lowest BCUT2D eigenvalue weighted by Crippen LogP contribution is -2.46. The molecule has 1 aliphatic heterocycles. The molecule has 82 valence electrons. The summed E-state index contributed by atoms with van der Waals surface area (Å²) in [6.45, 7) is 3.74. The highest BCUT2D eigenvalue weighted by atomic mass is 79.9. The zero-order valence-electron chi connectivity index (χ0n) is 9.29. The Labute approximate surface area is 99.0 Å². The molecular formula is C12H16BrNO. The van der Waals surface area contributed by atoms with Gasteiger partial charge < -0.3 is 10.0 Å². The number of benzene rings is 1. The molecule has 1 heterocycles. The van der Waals surface area contributed by atoms with Crippen molar-refractivity contribution in [1.29, 1.82) is 0 Å². The predicted molar refractivity (Wildman–Crippen MR) is 66.3 cm³/mol. The fourth-order valence-electron chi connectivity index (χ4n) is 2.30. The Morgan fingerprint density at radius 1 is 1.47 bits per heavy atom. The highest BCUT2D eigenvalue weighted by Gasteiger charge is 2.36. The summed E-state index contributed by atoms with van der Waals surface area (Å²) in [5.74, 6) is 0. The minimum Gasteiger partial charge on any atom is -0.388 e. The molecule has 1 aromatic rings. The molecule has 0 amide bonds. The van der Waals surface area contributed by atoms with Crippen molar-refractivity contribution in [3.8, 4) is 0 Å². The van der Waals surface area contributed by atoms with E-state index in [-0.39, 0.29) is 6.04 Å². The normalized spacial score (nSPS) is 20.6. The van der Waals surface area contributed by atoms with Gasteiger partial charge in [0, 0.05) is 17.2 Å². The fourth-order valence-corrected chi connectivity index (χ4v) is 2.71. The van der Waals surface area contributed by atoms with Crippen molar-refractivity contribution in [3.05, 3.63) is 28.2 Å². The second-order valence-electron chi connectivity index (χ2n) is 4.76. The van der Waals surface area contributed by atoms with Gasteiger partial charge in [0.05, 0.1) is 11.6 Å². The van der Waals surface area contributed by atoms with Gasteiger partial charge in [-0.05, 0) is 44.0 Å². The predicted octanol–water partition coefficient (Wildman–Crippen LogP) is 2.58. The van der Waals surface area contributed by atoms with Gasteiger partial charge >= 0.3 is 0 Å². The first-order valence-electron chi connectivity index (χ1n) is 5.13. The maximum absolute atomic E-state index is 10.1. The van der Waals surface area contributed by atoms with Crippen LogP contribution in [0.25, 0.3) is 0 Å². The van der Waals surface area contributed by atoms with E-state index in [4.69, 9.17) is 0 Å². The number of halogens is 1. The van der Waals surface area contributed by atoms with E-state index in [1.54, 1.807) is 0 Å². The van der Waals surface area contributed by atoms with Crippen LogP contribution in [0.1, 0.15) is 19.4 Å². The van der Waals surface area contributed by atoms with Crippen LogP contribution >= 0.6 is 15.9 Å². The lowest BCUT2D eigenvalue weighted by Gasteiger charge is -2.32. The SMILES string of the molecule is CN1c2ccc(Br)cc2CC1C(C)(C)O. The van der Waals surface area contributed by atoms with Gasteiger partial charge in [0.1, 0.15) is 0 Å². The molecule has 0 bridgehead atoms. The summed E-state index contributed by atoms with van der Waals surface area (Å²) in [7, 11) is 2.04. The number of likely N-dealkylation sites (N-methyl/N-ethyl adjacent to an activating group) is 1. The van der Waals surface area contributed by atoms with Gasteiger partial charge in [-0.1, -0.05) is 15.9 Å². The van der Waals surface area contributed by atoms with Crippen LogP contribution in [0, 0.1) is 0 Å². The van der Waals surface area contributed by atoms with Crippen LogP contribution in [0.3, 0.4) is 0 Å². The topological polar surface area (TPSA) is 23.5 Å². The molecule has 0 fully saturated rings. The third-order valence-electron chi connectivity index (χ3n) is 3.12. The molecule has 1 atom stereocenters. The minimum atomic E-state index is -0.666. The molecule has 1 aromatic carbocycles. The van der Waals surface area contributed by atoms with Crippen LogP contribution in [0.5, 0.6) is 0 Å².